The highest BCUT2D eigenvalue weighted by atomic mass is 19.4. The molecule has 0 fully saturated rings. The number of hydrogen-bond donors (Lipinski definition) is 1. The minimum absolute atomic E-state index is 0.0474. The molecule has 1 aromatic rings. The summed E-state index contributed by atoms with van der Waals surface area (Å²) >= 11 is 0. The van der Waals surface area contributed by atoms with Crippen LogP contribution in [0.2, 0.25) is 0 Å². The molecule has 0 saturated heterocycles. The molecule has 0 unspecified atom stereocenters. The standard InChI is InChI=1S/C11H10F4O2/c12-9-7-8(3-1-2-6-16)4-5-10(9)17-11(13,14)15/h1,3-5,7,16H,2,6H2. The van der Waals surface area contributed by atoms with Crippen molar-refractivity contribution in [3.8, 4) is 5.75 Å². The van der Waals surface area contributed by atoms with Crippen molar-refractivity contribution in [2.45, 2.75) is 12.8 Å². The zero-order valence-electron chi connectivity index (χ0n) is 8.67. The van der Waals surface area contributed by atoms with Gasteiger partial charge in [-0.3, -0.25) is 0 Å². The first-order valence-electron chi connectivity index (χ1n) is 4.75. The predicted octanol–water partition coefficient (Wildman–Crippen LogP) is 3.12. The molecule has 0 saturated carbocycles. The van der Waals surface area contributed by atoms with Crippen molar-refractivity contribution in [1.29, 1.82) is 0 Å². The van der Waals surface area contributed by atoms with Gasteiger partial charge in [0.15, 0.2) is 11.6 Å². The molecule has 17 heavy (non-hydrogen) atoms. The van der Waals surface area contributed by atoms with Gasteiger partial charge in [0.05, 0.1) is 0 Å². The first-order valence-corrected chi connectivity index (χ1v) is 4.75. The Bertz CT molecular complexity index is 399. The maximum Gasteiger partial charge on any atom is 0.573 e. The first kappa shape index (κ1) is 13.5. The third kappa shape index (κ3) is 4.86. The van der Waals surface area contributed by atoms with Gasteiger partial charge in [-0.25, -0.2) is 4.39 Å². The summed E-state index contributed by atoms with van der Waals surface area (Å²) in [6.07, 6.45) is -1.44. The van der Waals surface area contributed by atoms with E-state index in [0.29, 0.717) is 12.0 Å². The molecule has 0 heterocycles. The van der Waals surface area contributed by atoms with Crippen molar-refractivity contribution in [1.82, 2.24) is 0 Å². The summed E-state index contributed by atoms with van der Waals surface area (Å²) < 4.78 is 52.2. The molecule has 1 N–H and O–H groups in total. The van der Waals surface area contributed by atoms with Crippen LogP contribution < -0.4 is 4.74 Å². The molecule has 0 aliphatic carbocycles. The number of hydrogen-bond acceptors (Lipinski definition) is 2. The van der Waals surface area contributed by atoms with Crippen LogP contribution in [0.4, 0.5) is 17.6 Å². The molecule has 0 atom stereocenters. The predicted molar refractivity (Wildman–Crippen MR) is 53.8 cm³/mol. The maximum absolute atomic E-state index is 13.2. The quantitative estimate of drug-likeness (QED) is 0.832. The van der Waals surface area contributed by atoms with Crippen LogP contribution in [-0.4, -0.2) is 18.1 Å². The normalized spacial score (nSPS) is 12.1. The Balaban J connectivity index is 2.79. The number of rotatable bonds is 4. The molecule has 94 valence electrons. The Kier molecular flexibility index (Phi) is 4.51. The fourth-order valence-corrected chi connectivity index (χ4v) is 1.12. The van der Waals surface area contributed by atoms with Crippen molar-refractivity contribution in [2.24, 2.45) is 0 Å². The Labute approximate surface area is 95.1 Å². The third-order valence-corrected chi connectivity index (χ3v) is 1.79. The molecule has 0 aromatic heterocycles. The van der Waals surface area contributed by atoms with Gasteiger partial charge < -0.3 is 9.84 Å². The summed E-state index contributed by atoms with van der Waals surface area (Å²) in [7, 11) is 0. The van der Waals surface area contributed by atoms with E-state index in [0.717, 1.165) is 12.1 Å². The molecule has 0 amide bonds. The zero-order chi connectivity index (χ0) is 12.9. The topological polar surface area (TPSA) is 29.5 Å². The lowest BCUT2D eigenvalue weighted by Gasteiger charge is -2.09. The van der Waals surface area contributed by atoms with Gasteiger partial charge in [0.2, 0.25) is 0 Å². The van der Waals surface area contributed by atoms with Gasteiger partial charge in [-0.1, -0.05) is 18.2 Å². The lowest BCUT2D eigenvalue weighted by molar-refractivity contribution is -0.275. The SMILES string of the molecule is OCCC=Cc1ccc(OC(F)(F)F)c(F)c1. The summed E-state index contributed by atoms with van der Waals surface area (Å²) in [6.45, 7) is -0.0474. The highest BCUT2D eigenvalue weighted by Gasteiger charge is 2.32. The molecule has 0 bridgehead atoms. The highest BCUT2D eigenvalue weighted by Crippen LogP contribution is 2.26. The van der Waals surface area contributed by atoms with E-state index in [1.54, 1.807) is 6.08 Å². The van der Waals surface area contributed by atoms with Gasteiger partial charge in [0.1, 0.15) is 0 Å². The lowest BCUT2D eigenvalue weighted by atomic mass is 10.2. The molecule has 0 radical (unpaired) electrons. The second kappa shape index (κ2) is 5.67. The fraction of sp³-hybridized carbons (Fsp3) is 0.273. The number of ether oxygens (including phenoxy) is 1. The first-order chi connectivity index (χ1) is 7.92. The second-order valence-corrected chi connectivity index (χ2v) is 3.15. The van der Waals surface area contributed by atoms with Crippen LogP contribution in [0.5, 0.6) is 5.75 Å². The van der Waals surface area contributed by atoms with Gasteiger partial charge in [0.25, 0.3) is 0 Å². The number of benzene rings is 1. The Morgan fingerprint density at radius 1 is 1.29 bits per heavy atom. The molecule has 0 aliphatic heterocycles. The second-order valence-electron chi connectivity index (χ2n) is 3.15. The molecule has 0 spiro atoms. The highest BCUT2D eigenvalue weighted by molar-refractivity contribution is 5.51. The third-order valence-electron chi connectivity index (χ3n) is 1.79. The van der Waals surface area contributed by atoms with E-state index in [1.165, 1.54) is 12.1 Å². The number of halogens is 4. The largest absolute Gasteiger partial charge is 0.573 e. The van der Waals surface area contributed by atoms with Crippen molar-refractivity contribution < 1.29 is 27.4 Å². The van der Waals surface area contributed by atoms with Crippen molar-refractivity contribution in [3.63, 3.8) is 0 Å². The molecular formula is C11H10F4O2. The molecule has 6 heteroatoms. The summed E-state index contributed by atoms with van der Waals surface area (Å²) in [4.78, 5) is 0. The van der Waals surface area contributed by atoms with E-state index in [4.69, 9.17) is 5.11 Å². The van der Waals surface area contributed by atoms with Crippen LogP contribution in [0.15, 0.2) is 24.3 Å². The molecular weight excluding hydrogens is 240 g/mol. The minimum atomic E-state index is -4.91. The van der Waals surface area contributed by atoms with E-state index in [-0.39, 0.29) is 6.61 Å². The zero-order valence-corrected chi connectivity index (χ0v) is 8.67. The summed E-state index contributed by atoms with van der Waals surface area (Å²) in [5.74, 6) is -1.95. The minimum Gasteiger partial charge on any atom is -0.403 e. The van der Waals surface area contributed by atoms with E-state index >= 15 is 0 Å². The average molecular weight is 250 g/mol. The monoisotopic (exact) mass is 250 g/mol. The van der Waals surface area contributed by atoms with Crippen LogP contribution in [0.3, 0.4) is 0 Å². The molecule has 1 rings (SSSR count). The number of aliphatic hydroxyl groups is 1. The Morgan fingerprint density at radius 2 is 2.00 bits per heavy atom. The Hall–Kier alpha value is -1.56. The van der Waals surface area contributed by atoms with Gasteiger partial charge in [-0.05, 0) is 24.1 Å². The van der Waals surface area contributed by atoms with Crippen molar-refractivity contribution >= 4 is 6.08 Å². The van der Waals surface area contributed by atoms with E-state index in [9.17, 15) is 17.6 Å². The van der Waals surface area contributed by atoms with Crippen LogP contribution in [0.1, 0.15) is 12.0 Å². The fourth-order valence-electron chi connectivity index (χ4n) is 1.12. The van der Waals surface area contributed by atoms with E-state index in [2.05, 4.69) is 4.74 Å². The van der Waals surface area contributed by atoms with Gasteiger partial charge in [-0.2, -0.15) is 0 Å². The summed E-state index contributed by atoms with van der Waals surface area (Å²) in [5, 5.41) is 8.50. The smallest absolute Gasteiger partial charge is 0.403 e. The maximum atomic E-state index is 13.2. The summed E-state index contributed by atoms with van der Waals surface area (Å²) in [6, 6.07) is 3.12. The van der Waals surface area contributed by atoms with Gasteiger partial charge >= 0.3 is 6.36 Å². The van der Waals surface area contributed by atoms with Crippen LogP contribution in [-0.2, 0) is 0 Å². The lowest BCUT2D eigenvalue weighted by Crippen LogP contribution is -2.17. The number of aliphatic hydroxyl groups excluding tert-OH is 1. The van der Waals surface area contributed by atoms with Gasteiger partial charge in [0, 0.05) is 6.61 Å². The van der Waals surface area contributed by atoms with Crippen molar-refractivity contribution in [2.75, 3.05) is 6.61 Å². The van der Waals surface area contributed by atoms with Crippen LogP contribution in [0.25, 0.3) is 6.08 Å². The van der Waals surface area contributed by atoms with E-state index < -0.39 is 17.9 Å². The van der Waals surface area contributed by atoms with E-state index in [1.807, 2.05) is 0 Å². The van der Waals surface area contributed by atoms with Gasteiger partial charge in [-0.15, -0.1) is 13.2 Å². The Morgan fingerprint density at radius 3 is 2.53 bits per heavy atom. The molecule has 2 nitrogen and oxygen atoms in total. The summed E-state index contributed by atoms with van der Waals surface area (Å²) in [5.41, 5.74) is 0.394. The number of alkyl halides is 3. The molecule has 1 aromatic carbocycles. The van der Waals surface area contributed by atoms with Crippen molar-refractivity contribution in [3.05, 3.63) is 35.7 Å². The van der Waals surface area contributed by atoms with Crippen LogP contribution >= 0.6 is 0 Å². The average Bonchev–Trinajstić information content (AvgIpc) is 2.21. The van der Waals surface area contributed by atoms with Crippen LogP contribution in [0, 0.1) is 5.82 Å². The molecule has 0 aliphatic rings.